The van der Waals surface area contributed by atoms with Gasteiger partial charge in [-0.25, -0.2) is 9.78 Å². The number of nitrogens with zero attached hydrogens (tertiary/aromatic N) is 4. The Labute approximate surface area is 179 Å². The highest BCUT2D eigenvalue weighted by Gasteiger charge is 2.28. The molecular formula is C21H24N6O4. The SMILES string of the molecule is COC(C)(C)C(=O)NC(=O)Nc1ccc(Oc2ccnc(-c3cnn(C)c3)c2)c(C)n1. The highest BCUT2D eigenvalue weighted by molar-refractivity contribution is 6.03. The highest BCUT2D eigenvalue weighted by atomic mass is 16.5. The topological polar surface area (TPSA) is 120 Å². The van der Waals surface area contributed by atoms with Gasteiger partial charge in [0.05, 0.1) is 17.6 Å². The van der Waals surface area contributed by atoms with Gasteiger partial charge in [0.1, 0.15) is 22.9 Å². The Hall–Kier alpha value is -3.79. The molecule has 3 aromatic heterocycles. The van der Waals surface area contributed by atoms with Crippen LogP contribution in [0.4, 0.5) is 10.6 Å². The molecule has 3 heterocycles. The van der Waals surface area contributed by atoms with E-state index in [1.807, 2.05) is 13.2 Å². The number of pyridine rings is 2. The summed E-state index contributed by atoms with van der Waals surface area (Å²) in [5.41, 5.74) is 1.04. The molecule has 0 aliphatic carbocycles. The van der Waals surface area contributed by atoms with E-state index >= 15 is 0 Å². The minimum absolute atomic E-state index is 0.274. The molecule has 10 heteroatoms. The van der Waals surface area contributed by atoms with E-state index in [1.54, 1.807) is 62.1 Å². The van der Waals surface area contributed by atoms with Gasteiger partial charge < -0.3 is 9.47 Å². The van der Waals surface area contributed by atoms with E-state index in [2.05, 4.69) is 25.7 Å². The van der Waals surface area contributed by atoms with Crippen LogP contribution in [-0.2, 0) is 16.6 Å². The van der Waals surface area contributed by atoms with Gasteiger partial charge in [-0.2, -0.15) is 5.10 Å². The lowest BCUT2D eigenvalue weighted by Crippen LogP contribution is -2.47. The molecule has 3 aromatic rings. The van der Waals surface area contributed by atoms with Gasteiger partial charge >= 0.3 is 6.03 Å². The molecule has 3 rings (SSSR count). The molecule has 0 saturated heterocycles. The minimum Gasteiger partial charge on any atom is -0.455 e. The second-order valence-corrected chi connectivity index (χ2v) is 7.28. The molecule has 0 fully saturated rings. The van der Waals surface area contributed by atoms with Crippen molar-refractivity contribution in [3.05, 3.63) is 48.5 Å². The van der Waals surface area contributed by atoms with Crippen molar-refractivity contribution >= 4 is 17.8 Å². The Bertz CT molecular complexity index is 1110. The van der Waals surface area contributed by atoms with Crippen molar-refractivity contribution in [2.45, 2.75) is 26.4 Å². The maximum atomic E-state index is 12.1. The molecule has 0 bridgehead atoms. The van der Waals surface area contributed by atoms with E-state index in [0.717, 1.165) is 11.3 Å². The number of anilines is 1. The predicted octanol–water partition coefficient (Wildman–Crippen LogP) is 3.05. The molecule has 0 aliphatic rings. The van der Waals surface area contributed by atoms with Crippen molar-refractivity contribution in [3.8, 4) is 22.8 Å². The molecule has 0 saturated carbocycles. The summed E-state index contributed by atoms with van der Waals surface area (Å²) in [4.78, 5) is 32.7. The number of amides is 3. The van der Waals surface area contributed by atoms with Gasteiger partial charge in [0.2, 0.25) is 0 Å². The summed E-state index contributed by atoms with van der Waals surface area (Å²) >= 11 is 0. The van der Waals surface area contributed by atoms with E-state index in [-0.39, 0.29) is 5.82 Å². The van der Waals surface area contributed by atoms with E-state index < -0.39 is 17.5 Å². The normalized spacial score (nSPS) is 11.1. The predicted molar refractivity (Wildman–Crippen MR) is 114 cm³/mol. The van der Waals surface area contributed by atoms with Gasteiger partial charge in [0, 0.05) is 38.2 Å². The monoisotopic (exact) mass is 424 g/mol. The number of rotatable bonds is 6. The first-order chi connectivity index (χ1) is 14.7. The highest BCUT2D eigenvalue weighted by Crippen LogP contribution is 2.27. The van der Waals surface area contributed by atoms with Crippen molar-refractivity contribution in [2.75, 3.05) is 12.4 Å². The Morgan fingerprint density at radius 1 is 1.19 bits per heavy atom. The van der Waals surface area contributed by atoms with E-state index in [4.69, 9.17) is 9.47 Å². The number of urea groups is 1. The summed E-state index contributed by atoms with van der Waals surface area (Å²) in [7, 11) is 3.23. The third-order valence-electron chi connectivity index (χ3n) is 4.52. The molecule has 0 spiro atoms. The van der Waals surface area contributed by atoms with E-state index in [1.165, 1.54) is 7.11 Å². The molecule has 0 atom stereocenters. The van der Waals surface area contributed by atoms with Crippen molar-refractivity contribution in [1.82, 2.24) is 25.1 Å². The van der Waals surface area contributed by atoms with Crippen LogP contribution in [0, 0.1) is 6.92 Å². The second-order valence-electron chi connectivity index (χ2n) is 7.28. The molecule has 2 N–H and O–H groups in total. The van der Waals surface area contributed by atoms with Gasteiger partial charge in [0.25, 0.3) is 5.91 Å². The number of imide groups is 1. The second kappa shape index (κ2) is 8.92. The van der Waals surface area contributed by atoms with Crippen LogP contribution >= 0.6 is 0 Å². The van der Waals surface area contributed by atoms with E-state index in [0.29, 0.717) is 17.2 Å². The van der Waals surface area contributed by atoms with Crippen LogP contribution in [0.3, 0.4) is 0 Å². The van der Waals surface area contributed by atoms with Crippen LogP contribution in [0.5, 0.6) is 11.5 Å². The molecule has 0 radical (unpaired) electrons. The van der Waals surface area contributed by atoms with Gasteiger partial charge in [-0.15, -0.1) is 0 Å². The fraction of sp³-hybridized carbons (Fsp3) is 0.286. The maximum absolute atomic E-state index is 12.1. The average Bonchev–Trinajstić information content (AvgIpc) is 3.16. The number of hydrogen-bond donors (Lipinski definition) is 2. The number of nitrogens with one attached hydrogen (secondary N) is 2. The number of ether oxygens (including phenoxy) is 2. The van der Waals surface area contributed by atoms with Crippen molar-refractivity contribution < 1.29 is 19.1 Å². The molecule has 0 aromatic carbocycles. The van der Waals surface area contributed by atoms with Crippen LogP contribution in [0.25, 0.3) is 11.3 Å². The lowest BCUT2D eigenvalue weighted by molar-refractivity contribution is -0.138. The smallest absolute Gasteiger partial charge is 0.327 e. The number of methoxy groups -OCH3 is 1. The van der Waals surface area contributed by atoms with Crippen LogP contribution in [0.1, 0.15) is 19.5 Å². The molecule has 3 amide bonds. The van der Waals surface area contributed by atoms with Crippen molar-refractivity contribution in [3.63, 3.8) is 0 Å². The zero-order chi connectivity index (χ0) is 22.6. The fourth-order valence-electron chi connectivity index (χ4n) is 2.53. The Morgan fingerprint density at radius 2 is 1.97 bits per heavy atom. The number of carbonyl (C=O) groups excluding carboxylic acids is 2. The van der Waals surface area contributed by atoms with Crippen LogP contribution in [0.2, 0.25) is 0 Å². The first-order valence-corrected chi connectivity index (χ1v) is 9.46. The standard InChI is InChI=1S/C21H24N6O4/c1-13-17(31-15-8-9-22-16(10-15)14-11-23-27(4)12-14)6-7-18(24-13)25-20(29)26-19(28)21(2,3)30-5/h6-12H,1-5H3,(H2,24,25,26,28,29). The summed E-state index contributed by atoms with van der Waals surface area (Å²) < 4.78 is 12.7. The number of aromatic nitrogens is 4. The number of hydrogen-bond acceptors (Lipinski definition) is 7. The minimum atomic E-state index is -1.13. The molecule has 0 unspecified atom stereocenters. The summed E-state index contributed by atoms with van der Waals surface area (Å²) in [5.74, 6) is 0.818. The molecule has 0 aliphatic heterocycles. The number of aryl methyl sites for hydroxylation is 2. The van der Waals surface area contributed by atoms with Crippen molar-refractivity contribution in [1.29, 1.82) is 0 Å². The summed E-state index contributed by atoms with van der Waals surface area (Å²) in [6, 6.07) is 6.10. The maximum Gasteiger partial charge on any atom is 0.327 e. The van der Waals surface area contributed by atoms with Gasteiger partial charge in [-0.3, -0.25) is 25.1 Å². The molecular weight excluding hydrogens is 400 g/mol. The average molecular weight is 424 g/mol. The Kier molecular flexibility index (Phi) is 6.30. The largest absolute Gasteiger partial charge is 0.455 e. The fourth-order valence-corrected chi connectivity index (χ4v) is 2.53. The van der Waals surface area contributed by atoms with Crippen molar-refractivity contribution in [2.24, 2.45) is 7.05 Å². The quantitative estimate of drug-likeness (QED) is 0.624. The van der Waals surface area contributed by atoms with Crippen LogP contribution in [-0.4, -0.2) is 44.4 Å². The molecule has 31 heavy (non-hydrogen) atoms. The third-order valence-corrected chi connectivity index (χ3v) is 4.52. The zero-order valence-corrected chi connectivity index (χ0v) is 18.0. The lowest BCUT2D eigenvalue weighted by Gasteiger charge is -2.21. The van der Waals surface area contributed by atoms with Gasteiger partial charge in [0.15, 0.2) is 0 Å². The molecule has 162 valence electrons. The summed E-state index contributed by atoms with van der Waals surface area (Å²) in [6.07, 6.45) is 5.24. The first-order valence-electron chi connectivity index (χ1n) is 9.46. The Balaban J connectivity index is 1.67. The van der Waals surface area contributed by atoms with E-state index in [9.17, 15) is 9.59 Å². The Morgan fingerprint density at radius 3 is 2.61 bits per heavy atom. The van der Waals surface area contributed by atoms with Gasteiger partial charge in [-0.05, 0) is 39.0 Å². The summed E-state index contributed by atoms with van der Waals surface area (Å²) in [5, 5.41) is 8.89. The van der Waals surface area contributed by atoms with Gasteiger partial charge in [-0.1, -0.05) is 0 Å². The third kappa shape index (κ3) is 5.43. The first kappa shape index (κ1) is 21.9. The zero-order valence-electron chi connectivity index (χ0n) is 18.0. The van der Waals surface area contributed by atoms with Crippen LogP contribution in [0.15, 0.2) is 42.9 Å². The van der Waals surface area contributed by atoms with Crippen LogP contribution < -0.4 is 15.4 Å². The lowest BCUT2D eigenvalue weighted by atomic mass is 10.1. The summed E-state index contributed by atoms with van der Waals surface area (Å²) in [6.45, 7) is 4.87. The number of carbonyl (C=O) groups is 2. The molecule has 10 nitrogen and oxygen atoms in total.